The largest absolute Gasteiger partial charge is 0.300 e. The molecule has 0 unspecified atom stereocenters. The first kappa shape index (κ1) is 11.6. The maximum atomic E-state index is 13.3. The SMILES string of the molecule is CCn1nc(-n2ccc3ccc(F)cc32)ccc1=O. The summed E-state index contributed by atoms with van der Waals surface area (Å²) in [7, 11) is 0. The number of benzene rings is 1. The van der Waals surface area contributed by atoms with E-state index in [1.807, 2.05) is 19.2 Å². The Morgan fingerprint density at radius 3 is 2.84 bits per heavy atom. The molecule has 0 saturated carbocycles. The molecule has 0 aliphatic rings. The fraction of sp³-hybridized carbons (Fsp3) is 0.143. The molecule has 1 aromatic carbocycles. The van der Waals surface area contributed by atoms with Gasteiger partial charge in [0.1, 0.15) is 5.82 Å². The molecule has 0 N–H and O–H groups in total. The Kier molecular flexibility index (Phi) is 2.67. The number of fused-ring (bicyclic) bond motifs is 1. The van der Waals surface area contributed by atoms with Crippen molar-refractivity contribution < 1.29 is 4.39 Å². The molecule has 2 aromatic heterocycles. The third kappa shape index (κ3) is 1.93. The summed E-state index contributed by atoms with van der Waals surface area (Å²) in [6.45, 7) is 2.35. The predicted molar refractivity (Wildman–Crippen MR) is 71.0 cm³/mol. The molecule has 0 aliphatic heterocycles. The zero-order chi connectivity index (χ0) is 13.4. The molecule has 0 bridgehead atoms. The summed E-state index contributed by atoms with van der Waals surface area (Å²) in [5.74, 6) is 0.304. The van der Waals surface area contributed by atoms with Crippen LogP contribution in [-0.2, 0) is 6.54 Å². The summed E-state index contributed by atoms with van der Waals surface area (Å²) in [4.78, 5) is 11.5. The molecule has 0 spiro atoms. The van der Waals surface area contributed by atoms with E-state index in [0.29, 0.717) is 12.4 Å². The van der Waals surface area contributed by atoms with E-state index < -0.39 is 0 Å². The van der Waals surface area contributed by atoms with Gasteiger partial charge in [0.2, 0.25) is 0 Å². The number of hydrogen-bond donors (Lipinski definition) is 0. The molecule has 19 heavy (non-hydrogen) atoms. The molecule has 0 saturated heterocycles. The van der Waals surface area contributed by atoms with E-state index in [0.717, 1.165) is 10.9 Å². The number of aryl methyl sites for hydroxylation is 1. The zero-order valence-electron chi connectivity index (χ0n) is 10.4. The molecule has 3 rings (SSSR count). The molecule has 0 atom stereocenters. The van der Waals surface area contributed by atoms with Crippen LogP contribution < -0.4 is 5.56 Å². The molecule has 3 aromatic rings. The Morgan fingerprint density at radius 1 is 1.21 bits per heavy atom. The van der Waals surface area contributed by atoms with Gasteiger partial charge in [0.25, 0.3) is 5.56 Å². The minimum Gasteiger partial charge on any atom is -0.300 e. The predicted octanol–water partition coefficient (Wildman–Crippen LogP) is 2.35. The van der Waals surface area contributed by atoms with Crippen LogP contribution in [-0.4, -0.2) is 14.3 Å². The van der Waals surface area contributed by atoms with Gasteiger partial charge in [0.05, 0.1) is 5.52 Å². The summed E-state index contributed by atoms with van der Waals surface area (Å²) < 4.78 is 16.5. The second-order valence-corrected chi connectivity index (χ2v) is 4.23. The van der Waals surface area contributed by atoms with Gasteiger partial charge in [-0.15, -0.1) is 0 Å². The average Bonchev–Trinajstić information content (AvgIpc) is 2.82. The van der Waals surface area contributed by atoms with Gasteiger partial charge in [-0.2, -0.15) is 5.10 Å². The van der Waals surface area contributed by atoms with Crippen molar-refractivity contribution in [3.8, 4) is 5.82 Å². The first-order valence-electron chi connectivity index (χ1n) is 6.04. The lowest BCUT2D eigenvalue weighted by molar-refractivity contribution is 0.607. The summed E-state index contributed by atoms with van der Waals surface area (Å²) in [5, 5.41) is 5.19. The topological polar surface area (TPSA) is 39.8 Å². The highest BCUT2D eigenvalue weighted by atomic mass is 19.1. The number of rotatable bonds is 2. The quantitative estimate of drug-likeness (QED) is 0.707. The fourth-order valence-electron chi connectivity index (χ4n) is 2.09. The normalized spacial score (nSPS) is 11.1. The van der Waals surface area contributed by atoms with Crippen molar-refractivity contribution in [1.82, 2.24) is 14.3 Å². The van der Waals surface area contributed by atoms with E-state index in [9.17, 15) is 9.18 Å². The van der Waals surface area contributed by atoms with Crippen molar-refractivity contribution in [2.75, 3.05) is 0 Å². The average molecular weight is 257 g/mol. The first-order chi connectivity index (χ1) is 9.19. The van der Waals surface area contributed by atoms with Gasteiger partial charge in [-0.3, -0.25) is 9.36 Å². The van der Waals surface area contributed by atoms with E-state index in [1.165, 1.54) is 22.9 Å². The summed E-state index contributed by atoms with van der Waals surface area (Å²) in [6, 6.07) is 9.59. The number of aromatic nitrogens is 3. The van der Waals surface area contributed by atoms with Crippen LogP contribution in [0.3, 0.4) is 0 Å². The third-order valence-corrected chi connectivity index (χ3v) is 3.05. The molecular formula is C14H12FN3O. The highest BCUT2D eigenvalue weighted by Gasteiger charge is 2.06. The summed E-state index contributed by atoms with van der Waals surface area (Å²) in [5.41, 5.74) is 0.586. The summed E-state index contributed by atoms with van der Waals surface area (Å²) in [6.07, 6.45) is 1.82. The van der Waals surface area contributed by atoms with E-state index in [1.54, 1.807) is 16.7 Å². The monoisotopic (exact) mass is 257 g/mol. The smallest absolute Gasteiger partial charge is 0.266 e. The van der Waals surface area contributed by atoms with Crippen LogP contribution in [0.15, 0.2) is 47.4 Å². The molecule has 0 amide bonds. The van der Waals surface area contributed by atoms with Crippen molar-refractivity contribution in [1.29, 1.82) is 0 Å². The Balaban J connectivity index is 2.24. The van der Waals surface area contributed by atoms with Crippen molar-refractivity contribution >= 4 is 10.9 Å². The molecule has 96 valence electrons. The van der Waals surface area contributed by atoms with Gasteiger partial charge in [0.15, 0.2) is 5.82 Å². The van der Waals surface area contributed by atoms with Crippen molar-refractivity contribution in [2.24, 2.45) is 0 Å². The van der Waals surface area contributed by atoms with Gasteiger partial charge < -0.3 is 0 Å². The van der Waals surface area contributed by atoms with Gasteiger partial charge in [-0.1, -0.05) is 0 Å². The standard InChI is InChI=1S/C14H12FN3O/c1-2-18-14(19)6-5-13(16-18)17-8-7-10-3-4-11(15)9-12(10)17/h3-9H,2H2,1H3. The van der Waals surface area contributed by atoms with E-state index in [-0.39, 0.29) is 11.4 Å². The minimum atomic E-state index is -0.295. The van der Waals surface area contributed by atoms with Crippen LogP contribution in [0, 0.1) is 5.82 Å². The molecule has 0 fully saturated rings. The van der Waals surface area contributed by atoms with Crippen molar-refractivity contribution in [3.63, 3.8) is 0 Å². The van der Waals surface area contributed by atoms with E-state index in [2.05, 4.69) is 5.10 Å². The van der Waals surface area contributed by atoms with Crippen molar-refractivity contribution in [3.05, 3.63) is 58.8 Å². The van der Waals surface area contributed by atoms with Crippen LogP contribution in [0.1, 0.15) is 6.92 Å². The number of nitrogens with zero attached hydrogens (tertiary/aromatic N) is 3. The van der Waals surface area contributed by atoms with Crippen LogP contribution in [0.25, 0.3) is 16.7 Å². The molecule has 5 heteroatoms. The lowest BCUT2D eigenvalue weighted by Crippen LogP contribution is -2.22. The van der Waals surface area contributed by atoms with Gasteiger partial charge >= 0.3 is 0 Å². The van der Waals surface area contributed by atoms with Crippen LogP contribution in [0.5, 0.6) is 0 Å². The van der Waals surface area contributed by atoms with Crippen LogP contribution >= 0.6 is 0 Å². The third-order valence-electron chi connectivity index (χ3n) is 3.05. The molecule has 0 aliphatic carbocycles. The molecule has 2 heterocycles. The Morgan fingerprint density at radius 2 is 2.05 bits per heavy atom. The van der Waals surface area contributed by atoms with E-state index >= 15 is 0 Å². The van der Waals surface area contributed by atoms with Gasteiger partial charge in [-0.05, 0) is 37.3 Å². The highest BCUT2D eigenvalue weighted by Crippen LogP contribution is 2.19. The Hall–Kier alpha value is -2.43. The van der Waals surface area contributed by atoms with Gasteiger partial charge in [0, 0.05) is 24.2 Å². The lowest BCUT2D eigenvalue weighted by atomic mass is 10.2. The number of halogens is 1. The number of hydrogen-bond acceptors (Lipinski definition) is 2. The van der Waals surface area contributed by atoms with Gasteiger partial charge in [-0.25, -0.2) is 9.07 Å². The molecule has 4 nitrogen and oxygen atoms in total. The molecular weight excluding hydrogens is 245 g/mol. The zero-order valence-corrected chi connectivity index (χ0v) is 10.4. The van der Waals surface area contributed by atoms with Crippen LogP contribution in [0.2, 0.25) is 0 Å². The van der Waals surface area contributed by atoms with E-state index in [4.69, 9.17) is 0 Å². The first-order valence-corrected chi connectivity index (χ1v) is 6.04. The minimum absolute atomic E-state index is 0.145. The Labute approximate surface area is 108 Å². The lowest BCUT2D eigenvalue weighted by Gasteiger charge is -2.07. The maximum Gasteiger partial charge on any atom is 0.266 e. The van der Waals surface area contributed by atoms with Crippen LogP contribution in [0.4, 0.5) is 4.39 Å². The Bertz CT molecular complexity index is 804. The second kappa shape index (κ2) is 4.35. The summed E-state index contributed by atoms with van der Waals surface area (Å²) >= 11 is 0. The second-order valence-electron chi connectivity index (χ2n) is 4.23. The fourth-order valence-corrected chi connectivity index (χ4v) is 2.09. The maximum absolute atomic E-state index is 13.3. The van der Waals surface area contributed by atoms with Crippen molar-refractivity contribution in [2.45, 2.75) is 13.5 Å². The highest BCUT2D eigenvalue weighted by molar-refractivity contribution is 5.81. The molecule has 0 radical (unpaired) electrons.